The van der Waals surface area contributed by atoms with E-state index in [-0.39, 0.29) is 17.6 Å². The van der Waals surface area contributed by atoms with Gasteiger partial charge in [0.25, 0.3) is 0 Å². The van der Waals surface area contributed by atoms with Crippen molar-refractivity contribution < 1.29 is 13.9 Å². The molecule has 0 fully saturated rings. The molecular weight excluding hydrogens is 273 g/mol. The second kappa shape index (κ2) is 6.78. The molecule has 5 nitrogen and oxygen atoms in total. The van der Waals surface area contributed by atoms with E-state index in [0.29, 0.717) is 12.2 Å². The summed E-state index contributed by atoms with van der Waals surface area (Å²) in [5.74, 6) is -0.291. The molecule has 6 heteroatoms. The number of rotatable bonds is 5. The van der Waals surface area contributed by atoms with Gasteiger partial charge in [-0.15, -0.1) is 0 Å². The molecule has 0 aliphatic carbocycles. The fraction of sp³-hybridized carbons (Fsp3) is 0.267. The summed E-state index contributed by atoms with van der Waals surface area (Å²) < 4.78 is 17.4. The summed E-state index contributed by atoms with van der Waals surface area (Å²) in [5, 5.41) is 3.15. The first-order chi connectivity index (χ1) is 10.1. The zero-order valence-corrected chi connectivity index (χ0v) is 11.8. The fourth-order valence-corrected chi connectivity index (χ4v) is 1.92. The minimum absolute atomic E-state index is 0.0534. The second-order valence-corrected chi connectivity index (χ2v) is 4.66. The molecule has 2 aromatic rings. The van der Waals surface area contributed by atoms with Crippen LogP contribution in [0.15, 0.2) is 36.7 Å². The van der Waals surface area contributed by atoms with Crippen LogP contribution in [0.3, 0.4) is 0 Å². The van der Waals surface area contributed by atoms with Gasteiger partial charge in [-0.2, -0.15) is 0 Å². The lowest BCUT2D eigenvalue weighted by atomic mass is 10.1. The van der Waals surface area contributed by atoms with Crippen molar-refractivity contribution >= 4 is 11.8 Å². The van der Waals surface area contributed by atoms with E-state index >= 15 is 0 Å². The summed E-state index contributed by atoms with van der Waals surface area (Å²) in [6.45, 7) is 1.97. The van der Waals surface area contributed by atoms with Gasteiger partial charge in [-0.05, 0) is 31.0 Å². The maximum absolute atomic E-state index is 12.8. The Hall–Kier alpha value is -2.50. The number of nitrogens with one attached hydrogen (secondary N) is 1. The Morgan fingerprint density at radius 1 is 1.33 bits per heavy atom. The van der Waals surface area contributed by atoms with Gasteiger partial charge in [-0.25, -0.2) is 14.2 Å². The molecule has 0 spiro atoms. The summed E-state index contributed by atoms with van der Waals surface area (Å²) in [5.41, 5.74) is 1.16. The number of ether oxygens (including phenoxy) is 1. The molecule has 21 heavy (non-hydrogen) atoms. The van der Waals surface area contributed by atoms with Crippen LogP contribution in [0.2, 0.25) is 0 Å². The highest BCUT2D eigenvalue weighted by Crippen LogP contribution is 2.10. The average molecular weight is 289 g/mol. The molecule has 0 saturated carbocycles. The molecule has 1 aromatic carbocycles. The Kier molecular flexibility index (Phi) is 4.81. The molecule has 1 aromatic heterocycles. The van der Waals surface area contributed by atoms with Crippen molar-refractivity contribution in [3.8, 4) is 0 Å². The van der Waals surface area contributed by atoms with Crippen molar-refractivity contribution in [3.05, 3.63) is 53.7 Å². The third-order valence-electron chi connectivity index (χ3n) is 2.88. The molecule has 1 heterocycles. The molecule has 0 aliphatic rings. The van der Waals surface area contributed by atoms with E-state index in [9.17, 15) is 9.18 Å². The smallest absolute Gasteiger partial charge is 0.358 e. The minimum atomic E-state index is -0.530. The molecule has 1 unspecified atom stereocenters. The number of aromatic nitrogens is 2. The maximum atomic E-state index is 12.8. The van der Waals surface area contributed by atoms with Crippen LogP contribution in [0, 0.1) is 5.82 Å². The number of esters is 1. The molecule has 1 N–H and O–H groups in total. The number of carbonyl (C=O) groups is 1. The predicted molar refractivity (Wildman–Crippen MR) is 76.6 cm³/mol. The SMILES string of the molecule is COC(=O)c1cncc(NC(C)Cc2ccc(F)cc2)n1. The number of methoxy groups -OCH3 is 1. The lowest BCUT2D eigenvalue weighted by Gasteiger charge is -2.14. The topological polar surface area (TPSA) is 64.1 Å². The number of hydrogen-bond donors (Lipinski definition) is 1. The van der Waals surface area contributed by atoms with Gasteiger partial charge in [-0.3, -0.25) is 4.98 Å². The molecule has 0 saturated heterocycles. The fourth-order valence-electron chi connectivity index (χ4n) is 1.92. The van der Waals surface area contributed by atoms with Crippen molar-refractivity contribution in [2.24, 2.45) is 0 Å². The van der Waals surface area contributed by atoms with Crippen LogP contribution in [0.5, 0.6) is 0 Å². The maximum Gasteiger partial charge on any atom is 0.358 e. The van der Waals surface area contributed by atoms with Crippen LogP contribution in [0.1, 0.15) is 23.0 Å². The van der Waals surface area contributed by atoms with E-state index in [1.165, 1.54) is 31.6 Å². The lowest BCUT2D eigenvalue weighted by molar-refractivity contribution is 0.0593. The Labute approximate surface area is 122 Å². The van der Waals surface area contributed by atoms with Crippen molar-refractivity contribution in [2.75, 3.05) is 12.4 Å². The van der Waals surface area contributed by atoms with Crippen LogP contribution in [0.4, 0.5) is 10.2 Å². The van der Waals surface area contributed by atoms with Crippen molar-refractivity contribution in [2.45, 2.75) is 19.4 Å². The normalized spacial score (nSPS) is 11.8. The van der Waals surface area contributed by atoms with Crippen LogP contribution < -0.4 is 5.32 Å². The Bertz CT molecular complexity index is 617. The minimum Gasteiger partial charge on any atom is -0.464 e. The molecule has 0 amide bonds. The highest BCUT2D eigenvalue weighted by molar-refractivity contribution is 5.87. The summed E-state index contributed by atoms with van der Waals surface area (Å²) in [6, 6.07) is 6.39. The first-order valence-corrected chi connectivity index (χ1v) is 6.50. The first-order valence-electron chi connectivity index (χ1n) is 6.50. The Morgan fingerprint density at radius 3 is 2.71 bits per heavy atom. The van der Waals surface area contributed by atoms with Gasteiger partial charge < -0.3 is 10.1 Å². The number of benzene rings is 1. The summed E-state index contributed by atoms with van der Waals surface area (Å²) in [4.78, 5) is 19.5. The Morgan fingerprint density at radius 2 is 2.05 bits per heavy atom. The third kappa shape index (κ3) is 4.24. The second-order valence-electron chi connectivity index (χ2n) is 4.66. The number of carbonyl (C=O) groups excluding carboxylic acids is 1. The van der Waals surface area contributed by atoms with Gasteiger partial charge in [-0.1, -0.05) is 12.1 Å². The van der Waals surface area contributed by atoms with Gasteiger partial charge in [0, 0.05) is 6.04 Å². The molecular formula is C15H16FN3O2. The van der Waals surface area contributed by atoms with E-state index in [0.717, 1.165) is 5.56 Å². The van der Waals surface area contributed by atoms with Crippen molar-refractivity contribution in [1.29, 1.82) is 0 Å². The van der Waals surface area contributed by atoms with E-state index in [1.807, 2.05) is 6.92 Å². The number of nitrogens with zero attached hydrogens (tertiary/aromatic N) is 2. The molecule has 0 bridgehead atoms. The van der Waals surface area contributed by atoms with Crippen LogP contribution in [-0.2, 0) is 11.2 Å². The number of halogens is 1. The molecule has 0 radical (unpaired) electrons. The van der Waals surface area contributed by atoms with Gasteiger partial charge in [0.2, 0.25) is 0 Å². The first kappa shape index (κ1) is 14.9. The van der Waals surface area contributed by atoms with Crippen LogP contribution >= 0.6 is 0 Å². The van der Waals surface area contributed by atoms with E-state index < -0.39 is 5.97 Å². The Balaban J connectivity index is 2.00. The molecule has 110 valence electrons. The van der Waals surface area contributed by atoms with E-state index in [1.54, 1.807) is 12.1 Å². The zero-order chi connectivity index (χ0) is 15.2. The average Bonchev–Trinajstić information content (AvgIpc) is 2.49. The monoisotopic (exact) mass is 289 g/mol. The van der Waals surface area contributed by atoms with Gasteiger partial charge in [0.05, 0.1) is 19.5 Å². The van der Waals surface area contributed by atoms with E-state index in [4.69, 9.17) is 0 Å². The van der Waals surface area contributed by atoms with Crippen LogP contribution in [-0.4, -0.2) is 29.1 Å². The van der Waals surface area contributed by atoms with Gasteiger partial charge in [0.1, 0.15) is 11.6 Å². The summed E-state index contributed by atoms with van der Waals surface area (Å²) in [6.07, 6.45) is 3.58. The third-order valence-corrected chi connectivity index (χ3v) is 2.88. The summed E-state index contributed by atoms with van der Waals surface area (Å²) in [7, 11) is 1.29. The standard InChI is InChI=1S/C15H16FN3O2/c1-10(7-11-3-5-12(16)6-4-11)18-14-9-17-8-13(19-14)15(20)21-2/h3-6,8-10H,7H2,1-2H3,(H,18,19). The lowest BCUT2D eigenvalue weighted by Crippen LogP contribution is -2.20. The quantitative estimate of drug-likeness (QED) is 0.857. The highest BCUT2D eigenvalue weighted by atomic mass is 19.1. The van der Waals surface area contributed by atoms with Crippen LogP contribution in [0.25, 0.3) is 0 Å². The van der Waals surface area contributed by atoms with Crippen molar-refractivity contribution in [3.63, 3.8) is 0 Å². The molecule has 0 aliphatic heterocycles. The zero-order valence-electron chi connectivity index (χ0n) is 11.8. The highest BCUT2D eigenvalue weighted by Gasteiger charge is 2.10. The van der Waals surface area contributed by atoms with Gasteiger partial charge >= 0.3 is 5.97 Å². The predicted octanol–water partition coefficient (Wildman–Crippen LogP) is 2.45. The van der Waals surface area contributed by atoms with Crippen molar-refractivity contribution in [1.82, 2.24) is 9.97 Å². The van der Waals surface area contributed by atoms with Gasteiger partial charge in [0.15, 0.2) is 5.69 Å². The molecule has 2 rings (SSSR count). The largest absolute Gasteiger partial charge is 0.464 e. The van der Waals surface area contributed by atoms with E-state index in [2.05, 4.69) is 20.0 Å². The number of hydrogen-bond acceptors (Lipinski definition) is 5. The molecule has 1 atom stereocenters. The summed E-state index contributed by atoms with van der Waals surface area (Å²) >= 11 is 0. The number of anilines is 1.